The molecule has 152 valence electrons. The van der Waals surface area contributed by atoms with Gasteiger partial charge in [0, 0.05) is 12.1 Å². The molecule has 2 aromatic carbocycles. The number of amidine groups is 1. The van der Waals surface area contributed by atoms with E-state index in [9.17, 15) is 13.2 Å². The maximum absolute atomic E-state index is 12.5. The number of sulfonamides is 1. The van der Waals surface area contributed by atoms with E-state index in [2.05, 4.69) is 15.0 Å². The lowest BCUT2D eigenvalue weighted by atomic mass is 10.1. The highest BCUT2D eigenvalue weighted by Crippen LogP contribution is 2.29. The molecular formula is C21H23N3O4S. The van der Waals surface area contributed by atoms with E-state index in [1.807, 2.05) is 43.3 Å². The molecule has 1 heterocycles. The minimum absolute atomic E-state index is 0.174. The summed E-state index contributed by atoms with van der Waals surface area (Å²) in [5, 5.41) is 2.76. The number of ether oxygens (including phenoxy) is 1. The molecule has 0 aliphatic carbocycles. The summed E-state index contributed by atoms with van der Waals surface area (Å²) < 4.78 is 32.6. The number of carbonyl (C=O) groups is 1. The van der Waals surface area contributed by atoms with E-state index in [4.69, 9.17) is 4.74 Å². The quantitative estimate of drug-likeness (QED) is 0.760. The second-order valence-corrected chi connectivity index (χ2v) is 8.33. The Balaban J connectivity index is 1.68. The van der Waals surface area contributed by atoms with Crippen LogP contribution >= 0.6 is 0 Å². The summed E-state index contributed by atoms with van der Waals surface area (Å²) in [6.07, 6.45) is 0. The van der Waals surface area contributed by atoms with Gasteiger partial charge in [-0.2, -0.15) is 0 Å². The SMILES string of the molecule is COc1ccc(CNC(=O)CN=C2NS(=O)(=O)C(c3ccc(C)cc3)=C2C)cc1. The summed E-state index contributed by atoms with van der Waals surface area (Å²) in [5.74, 6) is 0.635. The maximum Gasteiger partial charge on any atom is 0.264 e. The topological polar surface area (TPSA) is 96.9 Å². The highest BCUT2D eigenvalue weighted by molar-refractivity contribution is 8.00. The van der Waals surface area contributed by atoms with E-state index in [-0.39, 0.29) is 23.2 Å². The molecule has 0 aromatic heterocycles. The molecule has 1 amide bonds. The molecule has 0 saturated heterocycles. The maximum atomic E-state index is 12.5. The van der Waals surface area contributed by atoms with Gasteiger partial charge >= 0.3 is 0 Å². The molecule has 3 rings (SSSR count). The number of carbonyl (C=O) groups excluding carboxylic acids is 1. The molecule has 0 bridgehead atoms. The van der Waals surface area contributed by atoms with Crippen molar-refractivity contribution in [2.24, 2.45) is 4.99 Å². The van der Waals surface area contributed by atoms with Crippen LogP contribution in [-0.2, 0) is 21.4 Å². The van der Waals surface area contributed by atoms with Crippen molar-refractivity contribution in [2.75, 3.05) is 13.7 Å². The number of nitrogens with one attached hydrogen (secondary N) is 2. The third-order valence-electron chi connectivity index (χ3n) is 4.54. The molecule has 2 N–H and O–H groups in total. The van der Waals surface area contributed by atoms with Crippen molar-refractivity contribution in [3.8, 4) is 5.75 Å². The van der Waals surface area contributed by atoms with Crippen LogP contribution in [0.15, 0.2) is 59.1 Å². The fraction of sp³-hybridized carbons (Fsp3) is 0.238. The van der Waals surface area contributed by atoms with E-state index >= 15 is 0 Å². The van der Waals surface area contributed by atoms with Gasteiger partial charge in [0.25, 0.3) is 10.0 Å². The molecule has 1 aliphatic rings. The smallest absolute Gasteiger partial charge is 0.264 e. The summed E-state index contributed by atoms with van der Waals surface area (Å²) in [6.45, 7) is 3.79. The Hall–Kier alpha value is -3.13. The highest BCUT2D eigenvalue weighted by atomic mass is 32.2. The Morgan fingerprint density at radius 2 is 1.72 bits per heavy atom. The second-order valence-electron chi connectivity index (χ2n) is 6.72. The van der Waals surface area contributed by atoms with Crippen molar-refractivity contribution in [1.82, 2.24) is 10.0 Å². The first-order valence-electron chi connectivity index (χ1n) is 9.05. The molecule has 29 heavy (non-hydrogen) atoms. The van der Waals surface area contributed by atoms with E-state index < -0.39 is 10.0 Å². The summed E-state index contributed by atoms with van der Waals surface area (Å²) >= 11 is 0. The van der Waals surface area contributed by atoms with Gasteiger partial charge in [-0.15, -0.1) is 0 Å². The van der Waals surface area contributed by atoms with E-state index in [1.165, 1.54) is 0 Å². The van der Waals surface area contributed by atoms with Crippen LogP contribution in [0.3, 0.4) is 0 Å². The third-order valence-corrected chi connectivity index (χ3v) is 6.08. The van der Waals surface area contributed by atoms with Crippen LogP contribution in [0.5, 0.6) is 5.75 Å². The lowest BCUT2D eigenvalue weighted by Crippen LogP contribution is -2.28. The van der Waals surface area contributed by atoms with Crippen LogP contribution in [0.1, 0.15) is 23.6 Å². The fourth-order valence-corrected chi connectivity index (χ4v) is 4.46. The van der Waals surface area contributed by atoms with Crippen molar-refractivity contribution in [3.63, 3.8) is 0 Å². The number of methoxy groups -OCH3 is 1. The largest absolute Gasteiger partial charge is 0.497 e. The summed E-state index contributed by atoms with van der Waals surface area (Å²) in [5.41, 5.74) is 3.05. The number of benzene rings is 2. The van der Waals surface area contributed by atoms with Crippen LogP contribution < -0.4 is 14.8 Å². The van der Waals surface area contributed by atoms with Crippen molar-refractivity contribution in [2.45, 2.75) is 20.4 Å². The van der Waals surface area contributed by atoms with Crippen molar-refractivity contribution in [3.05, 3.63) is 70.8 Å². The van der Waals surface area contributed by atoms with Gasteiger partial charge in [-0.05, 0) is 37.1 Å². The number of aryl methyl sites for hydroxylation is 1. The van der Waals surface area contributed by atoms with Gasteiger partial charge in [0.2, 0.25) is 5.91 Å². The van der Waals surface area contributed by atoms with Crippen molar-refractivity contribution < 1.29 is 17.9 Å². The Bertz CT molecular complexity index is 1070. The van der Waals surface area contributed by atoms with Crippen LogP contribution in [-0.4, -0.2) is 33.8 Å². The zero-order chi connectivity index (χ0) is 21.0. The van der Waals surface area contributed by atoms with Crippen LogP contribution in [0.25, 0.3) is 4.91 Å². The van der Waals surface area contributed by atoms with Crippen molar-refractivity contribution >= 4 is 26.7 Å². The molecule has 0 radical (unpaired) electrons. The molecule has 1 aliphatic heterocycles. The Kier molecular flexibility index (Phi) is 6.03. The van der Waals surface area contributed by atoms with Crippen LogP contribution in [0, 0.1) is 6.92 Å². The Labute approximate surface area is 170 Å². The average molecular weight is 413 g/mol. The summed E-state index contributed by atoms with van der Waals surface area (Å²) in [6, 6.07) is 14.6. The van der Waals surface area contributed by atoms with E-state index in [0.29, 0.717) is 17.7 Å². The van der Waals surface area contributed by atoms with Gasteiger partial charge in [0.05, 0.1) is 7.11 Å². The number of hydrogen-bond acceptors (Lipinski definition) is 5. The normalized spacial score (nSPS) is 16.6. The lowest BCUT2D eigenvalue weighted by Gasteiger charge is -2.05. The standard InChI is InChI=1S/C21H23N3O4S/c1-14-4-8-17(9-5-14)20-15(2)21(24-29(20,26)27)23-13-19(25)22-12-16-6-10-18(28-3)11-7-16/h4-11H,12-13H2,1-3H3,(H,22,25)(H,23,24). The van der Waals surface area contributed by atoms with Gasteiger partial charge in [-0.25, -0.2) is 8.42 Å². The third kappa shape index (κ3) is 4.83. The van der Waals surface area contributed by atoms with Gasteiger partial charge in [0.1, 0.15) is 23.0 Å². The number of amides is 1. The van der Waals surface area contributed by atoms with Crippen LogP contribution in [0.2, 0.25) is 0 Å². The molecule has 0 spiro atoms. The minimum atomic E-state index is -3.71. The highest BCUT2D eigenvalue weighted by Gasteiger charge is 2.32. The molecule has 0 fully saturated rings. The number of rotatable bonds is 6. The molecule has 0 atom stereocenters. The zero-order valence-electron chi connectivity index (χ0n) is 16.5. The molecular weight excluding hydrogens is 390 g/mol. The van der Waals surface area contributed by atoms with E-state index in [1.54, 1.807) is 26.2 Å². The first-order chi connectivity index (χ1) is 13.8. The van der Waals surface area contributed by atoms with Gasteiger partial charge in [0.15, 0.2) is 0 Å². The minimum Gasteiger partial charge on any atom is -0.497 e. The number of hydrogen-bond donors (Lipinski definition) is 2. The molecule has 0 saturated carbocycles. The number of nitrogens with zero attached hydrogens (tertiary/aromatic N) is 1. The molecule has 0 unspecified atom stereocenters. The predicted octanol–water partition coefficient (Wildman–Crippen LogP) is 2.38. The van der Waals surface area contributed by atoms with Crippen molar-refractivity contribution in [1.29, 1.82) is 0 Å². The van der Waals surface area contributed by atoms with E-state index in [0.717, 1.165) is 16.9 Å². The molecule has 2 aromatic rings. The Morgan fingerprint density at radius 3 is 2.34 bits per heavy atom. The van der Waals surface area contributed by atoms with Crippen LogP contribution in [0.4, 0.5) is 0 Å². The predicted molar refractivity (Wildman–Crippen MR) is 113 cm³/mol. The lowest BCUT2D eigenvalue weighted by molar-refractivity contribution is -0.119. The summed E-state index contributed by atoms with van der Waals surface area (Å²) in [4.78, 5) is 16.5. The number of aliphatic imine (C=N–C) groups is 1. The second kappa shape index (κ2) is 8.48. The monoisotopic (exact) mass is 413 g/mol. The zero-order valence-corrected chi connectivity index (χ0v) is 17.3. The van der Waals surface area contributed by atoms with Gasteiger partial charge < -0.3 is 10.1 Å². The Morgan fingerprint density at radius 1 is 1.07 bits per heavy atom. The van der Waals surface area contributed by atoms with Gasteiger partial charge in [-0.1, -0.05) is 42.0 Å². The fourth-order valence-electron chi connectivity index (χ4n) is 2.94. The first kappa shape index (κ1) is 20.6. The molecule has 8 heteroatoms. The first-order valence-corrected chi connectivity index (χ1v) is 10.5. The molecule has 7 nitrogen and oxygen atoms in total. The average Bonchev–Trinajstić information content (AvgIpc) is 2.94. The van der Waals surface area contributed by atoms with Gasteiger partial charge in [-0.3, -0.25) is 14.5 Å². The summed E-state index contributed by atoms with van der Waals surface area (Å²) in [7, 11) is -2.11.